The molecule has 19 heteroatoms. The topological polar surface area (TPSA) is 245 Å². The molecule has 0 amide bonds. The van der Waals surface area contributed by atoms with Crippen LogP contribution in [-0.4, -0.2) is 67.9 Å². The van der Waals surface area contributed by atoms with Crippen LogP contribution in [0.5, 0.6) is 23.3 Å². The number of aromatic nitrogens is 4. The molecule has 0 fully saturated rings. The number of aryl methyl sites for hydroxylation is 2. The number of nitrogens with two attached hydrogens (primary N) is 2. The molecule has 2 unspecified atom stereocenters. The zero-order valence-electron chi connectivity index (χ0n) is 28.0. The highest BCUT2D eigenvalue weighted by atomic mass is 35.5. The SMILES string of the molecule is CCOC(=O)CC1OB(O)c2cc(Oc3ccnc(CN)n3)cc(C)c21.Cc1cc(Oc2ccnc(CN)n2)cc2c1C(CC(=O)O)OB2O.Cl. The maximum Gasteiger partial charge on any atom is 0.492 e. The summed E-state index contributed by atoms with van der Waals surface area (Å²) in [6.45, 7) is 6.14. The molecule has 6 rings (SSSR count). The van der Waals surface area contributed by atoms with Gasteiger partial charge in [-0.2, -0.15) is 9.97 Å². The molecule has 0 saturated heterocycles. The number of benzene rings is 2. The standard InChI is InChI=1S/C17H20BN3O5.C15H16BN3O5.ClH/c1-3-24-16(22)8-13-17-10(2)6-11(7-12(17)18(23)26-13)25-15-4-5-20-14(9-19)21-15;1-8-4-9(23-13-2-3-18-12(7-17)19-13)5-10-15(8)11(6-14(20)21)24-16(10)22;/h4-7,13,23H,3,8-9,19H2,1-2H3;2-5,11,22H,6-7,17H2,1H3,(H,20,21);1H. The van der Waals surface area contributed by atoms with Gasteiger partial charge in [-0.25, -0.2) is 9.97 Å². The Balaban J connectivity index is 0.000000225. The second-order valence-corrected chi connectivity index (χ2v) is 11.3. The van der Waals surface area contributed by atoms with E-state index in [9.17, 15) is 19.6 Å². The fourth-order valence-electron chi connectivity index (χ4n) is 5.73. The largest absolute Gasteiger partial charge is 0.492 e. The van der Waals surface area contributed by atoms with Gasteiger partial charge in [-0.05, 0) is 78.2 Å². The summed E-state index contributed by atoms with van der Waals surface area (Å²) in [4.78, 5) is 39.1. The Kier molecular flexibility index (Phi) is 13.4. The van der Waals surface area contributed by atoms with E-state index in [0.29, 0.717) is 58.0 Å². The third-order valence-electron chi connectivity index (χ3n) is 7.73. The summed E-state index contributed by atoms with van der Waals surface area (Å²) in [6.07, 6.45) is 1.73. The maximum absolute atomic E-state index is 11.8. The van der Waals surface area contributed by atoms with Gasteiger partial charge in [0.05, 0.1) is 44.7 Å². The zero-order valence-corrected chi connectivity index (χ0v) is 28.8. The van der Waals surface area contributed by atoms with Crippen LogP contribution in [0.1, 0.15) is 65.9 Å². The lowest BCUT2D eigenvalue weighted by Gasteiger charge is -2.14. The second kappa shape index (κ2) is 17.5. The highest BCUT2D eigenvalue weighted by Crippen LogP contribution is 2.34. The molecule has 4 heterocycles. The average Bonchev–Trinajstić information content (AvgIpc) is 3.56. The number of nitrogens with zero attached hydrogens (tertiary/aromatic N) is 4. The molecular formula is C32H37B2ClN6O10. The number of hydrogen-bond acceptors (Lipinski definition) is 15. The van der Waals surface area contributed by atoms with Gasteiger partial charge in [0.15, 0.2) is 0 Å². The summed E-state index contributed by atoms with van der Waals surface area (Å²) in [5.41, 5.74) is 15.2. The Labute approximate surface area is 300 Å². The fourth-order valence-corrected chi connectivity index (χ4v) is 5.73. The van der Waals surface area contributed by atoms with E-state index in [-0.39, 0.29) is 44.3 Å². The van der Waals surface area contributed by atoms with Gasteiger partial charge in [-0.1, -0.05) is 0 Å². The van der Waals surface area contributed by atoms with Crippen LogP contribution in [0.15, 0.2) is 48.8 Å². The van der Waals surface area contributed by atoms with Crippen molar-refractivity contribution in [2.24, 2.45) is 11.5 Å². The number of esters is 1. The predicted octanol–water partition coefficient (Wildman–Crippen LogP) is 1.44. The predicted molar refractivity (Wildman–Crippen MR) is 186 cm³/mol. The molecule has 0 spiro atoms. The third kappa shape index (κ3) is 9.56. The minimum Gasteiger partial charge on any atom is -0.481 e. The van der Waals surface area contributed by atoms with E-state index >= 15 is 0 Å². The van der Waals surface area contributed by atoms with Gasteiger partial charge in [0.2, 0.25) is 11.8 Å². The van der Waals surface area contributed by atoms with E-state index in [1.165, 1.54) is 0 Å². The van der Waals surface area contributed by atoms with Crippen molar-refractivity contribution in [2.75, 3.05) is 6.61 Å². The molecule has 2 atom stereocenters. The highest BCUT2D eigenvalue weighted by molar-refractivity contribution is 6.62. The number of hydrogen-bond donors (Lipinski definition) is 5. The highest BCUT2D eigenvalue weighted by Gasteiger charge is 2.39. The summed E-state index contributed by atoms with van der Waals surface area (Å²) < 4.78 is 27.3. The summed E-state index contributed by atoms with van der Waals surface area (Å²) >= 11 is 0. The zero-order chi connectivity index (χ0) is 35.9. The van der Waals surface area contributed by atoms with E-state index in [4.69, 9.17) is 40.1 Å². The first-order valence-corrected chi connectivity index (χ1v) is 15.7. The molecule has 0 saturated carbocycles. The van der Waals surface area contributed by atoms with Crippen molar-refractivity contribution < 1.29 is 48.3 Å². The quantitative estimate of drug-likeness (QED) is 0.109. The molecule has 0 aliphatic carbocycles. The molecule has 2 aliphatic rings. The molecule has 0 bridgehead atoms. The smallest absolute Gasteiger partial charge is 0.481 e. The average molecular weight is 723 g/mol. The molecule has 51 heavy (non-hydrogen) atoms. The van der Waals surface area contributed by atoms with Crippen LogP contribution in [0, 0.1) is 13.8 Å². The van der Waals surface area contributed by atoms with Crippen LogP contribution in [-0.2, 0) is 36.7 Å². The van der Waals surface area contributed by atoms with Crippen LogP contribution < -0.4 is 31.9 Å². The third-order valence-corrected chi connectivity index (χ3v) is 7.73. The normalized spacial score (nSPS) is 15.6. The monoisotopic (exact) mass is 722 g/mol. The fraction of sp³-hybridized carbons (Fsp3) is 0.312. The van der Waals surface area contributed by atoms with Crippen LogP contribution in [0.3, 0.4) is 0 Å². The van der Waals surface area contributed by atoms with Gasteiger partial charge in [0, 0.05) is 24.5 Å². The first-order valence-electron chi connectivity index (χ1n) is 15.7. The first kappa shape index (κ1) is 39.1. The van der Waals surface area contributed by atoms with Crippen LogP contribution in [0.2, 0.25) is 0 Å². The molecular weight excluding hydrogens is 685 g/mol. The Morgan fingerprint density at radius 2 is 1.25 bits per heavy atom. The van der Waals surface area contributed by atoms with E-state index in [1.54, 1.807) is 49.6 Å². The number of carboxylic acids is 1. The lowest BCUT2D eigenvalue weighted by Crippen LogP contribution is -2.28. The number of carboxylic acid groups (broad SMARTS) is 1. The van der Waals surface area contributed by atoms with Crippen LogP contribution in [0.4, 0.5) is 0 Å². The summed E-state index contributed by atoms with van der Waals surface area (Å²) in [5.74, 6) is 1.22. The van der Waals surface area contributed by atoms with E-state index < -0.39 is 32.4 Å². The molecule has 2 aromatic carbocycles. The Morgan fingerprint density at radius 1 is 0.804 bits per heavy atom. The van der Waals surface area contributed by atoms with Gasteiger partial charge in [-0.15, -0.1) is 12.4 Å². The lowest BCUT2D eigenvalue weighted by molar-refractivity contribution is -0.145. The summed E-state index contributed by atoms with van der Waals surface area (Å²) in [7, 11) is -2.31. The summed E-state index contributed by atoms with van der Waals surface area (Å²) in [6, 6.07) is 10.1. The van der Waals surface area contributed by atoms with Crippen LogP contribution >= 0.6 is 12.4 Å². The van der Waals surface area contributed by atoms with Gasteiger partial charge in [0.25, 0.3) is 0 Å². The first-order chi connectivity index (χ1) is 24.0. The van der Waals surface area contributed by atoms with Crippen molar-refractivity contribution in [3.8, 4) is 23.3 Å². The van der Waals surface area contributed by atoms with Crippen molar-refractivity contribution in [1.29, 1.82) is 0 Å². The Hall–Kier alpha value is -4.68. The minimum absolute atomic E-state index is 0. The van der Waals surface area contributed by atoms with Crippen molar-refractivity contribution in [3.63, 3.8) is 0 Å². The minimum atomic E-state index is -1.18. The number of fused-ring (bicyclic) bond motifs is 2. The second-order valence-electron chi connectivity index (χ2n) is 11.3. The van der Waals surface area contributed by atoms with Crippen LogP contribution in [0.25, 0.3) is 0 Å². The number of aliphatic carboxylic acids is 1. The number of halogens is 1. The Bertz CT molecular complexity index is 1880. The van der Waals surface area contributed by atoms with Gasteiger partial charge in [0.1, 0.15) is 23.1 Å². The van der Waals surface area contributed by atoms with Crippen molar-refractivity contribution in [2.45, 2.75) is 58.9 Å². The Morgan fingerprint density at radius 3 is 1.67 bits per heavy atom. The molecule has 16 nitrogen and oxygen atoms in total. The van der Waals surface area contributed by atoms with Gasteiger partial charge in [-0.3, -0.25) is 9.59 Å². The molecule has 2 aromatic heterocycles. The van der Waals surface area contributed by atoms with Crippen molar-refractivity contribution in [3.05, 3.63) is 82.7 Å². The lowest BCUT2D eigenvalue weighted by atomic mass is 9.77. The number of carbonyl (C=O) groups excluding carboxylic acids is 1. The molecule has 4 aromatic rings. The van der Waals surface area contributed by atoms with Crippen molar-refractivity contribution in [1.82, 2.24) is 19.9 Å². The molecule has 2 aliphatic heterocycles. The number of ether oxygens (including phenoxy) is 3. The molecule has 268 valence electrons. The summed E-state index contributed by atoms with van der Waals surface area (Å²) in [5, 5.41) is 29.2. The van der Waals surface area contributed by atoms with E-state index in [0.717, 1.165) is 16.7 Å². The van der Waals surface area contributed by atoms with E-state index in [2.05, 4.69) is 19.9 Å². The van der Waals surface area contributed by atoms with Gasteiger partial charge >= 0.3 is 26.2 Å². The number of carbonyl (C=O) groups is 2. The maximum atomic E-state index is 11.8. The van der Waals surface area contributed by atoms with E-state index in [1.807, 2.05) is 19.9 Å². The van der Waals surface area contributed by atoms with Gasteiger partial charge < -0.3 is 50.1 Å². The van der Waals surface area contributed by atoms with Crippen molar-refractivity contribution >= 4 is 49.5 Å². The number of rotatable bonds is 11. The molecule has 7 N–H and O–H groups in total. The molecule has 0 radical (unpaired) electrons.